The molecule has 0 unspecified atom stereocenters. The number of nitrogens with zero attached hydrogens (tertiary/aromatic N) is 1. The number of hydrogen-bond donors (Lipinski definition) is 2. The Morgan fingerprint density at radius 2 is 1.87 bits per heavy atom. The van der Waals surface area contributed by atoms with Crippen LogP contribution < -0.4 is 11.1 Å². The molecule has 5 heteroatoms. The summed E-state index contributed by atoms with van der Waals surface area (Å²) < 4.78 is 5.71. The molecule has 1 heterocycles. The number of benzene rings is 2. The van der Waals surface area contributed by atoms with Gasteiger partial charge in [0.05, 0.1) is 0 Å². The zero-order valence-electron chi connectivity index (χ0n) is 13.0. The molecule has 3 aromatic rings. The van der Waals surface area contributed by atoms with Gasteiger partial charge in [-0.1, -0.05) is 37.3 Å². The maximum absolute atomic E-state index is 5.92. The zero-order chi connectivity index (χ0) is 15.4. The van der Waals surface area contributed by atoms with E-state index in [-0.39, 0.29) is 24.0 Å². The van der Waals surface area contributed by atoms with Gasteiger partial charge in [0.1, 0.15) is 17.9 Å². The maximum atomic E-state index is 5.92. The summed E-state index contributed by atoms with van der Waals surface area (Å²) in [6.45, 7) is 2.55. The number of hydrogen-bond acceptors (Lipinski definition) is 2. The fourth-order valence-corrected chi connectivity index (χ4v) is 2.29. The Morgan fingerprint density at radius 1 is 1.13 bits per heavy atom. The lowest BCUT2D eigenvalue weighted by Crippen LogP contribution is -2.22. The van der Waals surface area contributed by atoms with Gasteiger partial charge in [0, 0.05) is 11.1 Å². The fourth-order valence-electron chi connectivity index (χ4n) is 2.29. The predicted molar refractivity (Wildman–Crippen MR) is 106 cm³/mol. The second-order valence-electron chi connectivity index (χ2n) is 5.13. The lowest BCUT2D eigenvalue weighted by Gasteiger charge is -2.06. The van der Waals surface area contributed by atoms with E-state index in [2.05, 4.69) is 29.4 Å². The normalized spacial score (nSPS) is 11.3. The topological polar surface area (TPSA) is 63.5 Å². The Balaban J connectivity index is 0.00000192. The Hall–Kier alpha value is -2.02. The molecule has 0 bridgehead atoms. The molecule has 0 radical (unpaired) electrons. The number of para-hydroxylation sites is 1. The number of nitrogens with one attached hydrogen (secondary N) is 1. The maximum Gasteiger partial charge on any atom is 0.193 e. The van der Waals surface area contributed by atoms with Crippen LogP contribution in [0.15, 0.2) is 64.0 Å². The van der Waals surface area contributed by atoms with Crippen LogP contribution >= 0.6 is 24.0 Å². The molecular formula is C18H20IN3O. The van der Waals surface area contributed by atoms with Gasteiger partial charge in [0.2, 0.25) is 0 Å². The second-order valence-corrected chi connectivity index (χ2v) is 5.13. The van der Waals surface area contributed by atoms with E-state index >= 15 is 0 Å². The van der Waals surface area contributed by atoms with Crippen molar-refractivity contribution < 1.29 is 4.42 Å². The number of halogens is 1. The van der Waals surface area contributed by atoms with E-state index in [9.17, 15) is 0 Å². The van der Waals surface area contributed by atoms with Crippen LogP contribution in [-0.2, 0) is 13.0 Å². The first kappa shape index (κ1) is 17.3. The van der Waals surface area contributed by atoms with Gasteiger partial charge in [0.15, 0.2) is 5.96 Å². The van der Waals surface area contributed by atoms with E-state index in [1.807, 2.05) is 42.5 Å². The molecule has 0 atom stereocenters. The minimum Gasteiger partial charge on any atom is -0.459 e. The molecule has 0 saturated carbocycles. The van der Waals surface area contributed by atoms with Crippen molar-refractivity contribution in [2.24, 2.45) is 10.7 Å². The first-order chi connectivity index (χ1) is 10.7. The minimum absolute atomic E-state index is 0. The summed E-state index contributed by atoms with van der Waals surface area (Å²) in [4.78, 5) is 4.32. The molecular weight excluding hydrogens is 401 g/mol. The SMILES string of the molecule is CCc1ccc(NC(N)=NCc2cc3ccccc3o2)cc1.I. The average molecular weight is 421 g/mol. The summed E-state index contributed by atoms with van der Waals surface area (Å²) in [6, 6.07) is 18.1. The zero-order valence-corrected chi connectivity index (χ0v) is 15.3. The molecule has 2 aromatic carbocycles. The standard InChI is InChI=1S/C18H19N3O.HI/c1-2-13-7-9-15(10-8-13)21-18(19)20-12-16-11-14-5-3-4-6-17(14)22-16;/h3-11H,2,12H2,1H3,(H3,19,20,21);1H. The van der Waals surface area contributed by atoms with Crippen LogP contribution in [0.1, 0.15) is 18.2 Å². The number of furan rings is 1. The largest absolute Gasteiger partial charge is 0.459 e. The third-order valence-corrected chi connectivity index (χ3v) is 3.52. The van der Waals surface area contributed by atoms with Crippen LogP contribution in [0.4, 0.5) is 5.69 Å². The number of nitrogens with two attached hydrogens (primary N) is 1. The summed E-state index contributed by atoms with van der Waals surface area (Å²) in [6.07, 6.45) is 1.02. The summed E-state index contributed by atoms with van der Waals surface area (Å²) in [5.74, 6) is 1.18. The molecule has 0 saturated heterocycles. The van der Waals surface area contributed by atoms with Crippen LogP contribution in [0.5, 0.6) is 0 Å². The van der Waals surface area contributed by atoms with Crippen LogP contribution in [0, 0.1) is 0 Å². The lowest BCUT2D eigenvalue weighted by atomic mass is 10.1. The van der Waals surface area contributed by atoms with E-state index < -0.39 is 0 Å². The summed E-state index contributed by atoms with van der Waals surface area (Å²) in [7, 11) is 0. The van der Waals surface area contributed by atoms with Gasteiger partial charge in [-0.3, -0.25) is 0 Å². The van der Waals surface area contributed by atoms with Crippen molar-refractivity contribution in [1.82, 2.24) is 0 Å². The lowest BCUT2D eigenvalue weighted by molar-refractivity contribution is 0.553. The van der Waals surface area contributed by atoms with Crippen LogP contribution in [-0.4, -0.2) is 5.96 Å². The van der Waals surface area contributed by atoms with E-state index in [1.165, 1.54) is 5.56 Å². The molecule has 3 N–H and O–H groups in total. The highest BCUT2D eigenvalue weighted by Crippen LogP contribution is 2.19. The fraction of sp³-hybridized carbons (Fsp3) is 0.167. The van der Waals surface area contributed by atoms with Crippen molar-refractivity contribution in [1.29, 1.82) is 0 Å². The highest BCUT2D eigenvalue weighted by Gasteiger charge is 2.02. The number of anilines is 1. The molecule has 4 nitrogen and oxygen atoms in total. The number of rotatable bonds is 4. The third-order valence-electron chi connectivity index (χ3n) is 3.52. The number of fused-ring (bicyclic) bond motifs is 1. The summed E-state index contributed by atoms with van der Waals surface area (Å²) in [5, 5.41) is 4.16. The van der Waals surface area contributed by atoms with Crippen LogP contribution in [0.25, 0.3) is 11.0 Å². The monoisotopic (exact) mass is 421 g/mol. The van der Waals surface area contributed by atoms with E-state index in [4.69, 9.17) is 10.2 Å². The van der Waals surface area contributed by atoms with Gasteiger partial charge in [-0.25, -0.2) is 4.99 Å². The van der Waals surface area contributed by atoms with Crippen molar-refractivity contribution in [3.8, 4) is 0 Å². The van der Waals surface area contributed by atoms with E-state index in [1.54, 1.807) is 0 Å². The Labute approximate surface area is 152 Å². The van der Waals surface area contributed by atoms with Gasteiger partial charge < -0.3 is 15.5 Å². The van der Waals surface area contributed by atoms with Gasteiger partial charge >= 0.3 is 0 Å². The third kappa shape index (κ3) is 4.48. The molecule has 1 aromatic heterocycles. The Kier molecular flexibility index (Phi) is 6.04. The van der Waals surface area contributed by atoms with Crippen LogP contribution in [0.2, 0.25) is 0 Å². The highest BCUT2D eigenvalue weighted by atomic mass is 127. The molecule has 23 heavy (non-hydrogen) atoms. The van der Waals surface area contributed by atoms with Gasteiger partial charge in [-0.05, 0) is 36.2 Å². The van der Waals surface area contributed by atoms with E-state index in [0.717, 1.165) is 28.8 Å². The molecule has 0 amide bonds. The Morgan fingerprint density at radius 3 is 2.57 bits per heavy atom. The molecule has 3 rings (SSSR count). The smallest absolute Gasteiger partial charge is 0.193 e. The first-order valence-corrected chi connectivity index (χ1v) is 7.38. The van der Waals surface area contributed by atoms with Crippen molar-refractivity contribution in [3.63, 3.8) is 0 Å². The number of aliphatic imine (C=N–C) groups is 1. The van der Waals surface area contributed by atoms with Gasteiger partial charge in [-0.2, -0.15) is 0 Å². The van der Waals surface area contributed by atoms with Crippen molar-refractivity contribution in [2.75, 3.05) is 5.32 Å². The molecule has 0 aliphatic carbocycles. The van der Waals surface area contributed by atoms with Crippen molar-refractivity contribution in [2.45, 2.75) is 19.9 Å². The number of guanidine groups is 1. The first-order valence-electron chi connectivity index (χ1n) is 7.38. The summed E-state index contributed by atoms with van der Waals surface area (Å²) >= 11 is 0. The highest BCUT2D eigenvalue weighted by molar-refractivity contribution is 14.0. The molecule has 0 spiro atoms. The second kappa shape index (κ2) is 8.01. The average Bonchev–Trinajstić information content (AvgIpc) is 2.96. The van der Waals surface area contributed by atoms with Crippen LogP contribution in [0.3, 0.4) is 0 Å². The van der Waals surface area contributed by atoms with Crippen molar-refractivity contribution in [3.05, 3.63) is 65.9 Å². The number of aryl methyl sites for hydroxylation is 1. The van der Waals surface area contributed by atoms with Crippen molar-refractivity contribution >= 4 is 46.6 Å². The predicted octanol–water partition coefficient (Wildman–Crippen LogP) is 4.54. The minimum atomic E-state index is 0. The molecule has 0 fully saturated rings. The Bertz CT molecular complexity index is 760. The quantitative estimate of drug-likeness (QED) is 0.370. The van der Waals surface area contributed by atoms with Gasteiger partial charge in [0.25, 0.3) is 0 Å². The molecule has 0 aliphatic rings. The van der Waals surface area contributed by atoms with E-state index in [0.29, 0.717) is 12.5 Å². The van der Waals surface area contributed by atoms with Gasteiger partial charge in [-0.15, -0.1) is 24.0 Å². The summed E-state index contributed by atoms with van der Waals surface area (Å²) in [5.41, 5.74) is 9.01. The molecule has 120 valence electrons. The molecule has 0 aliphatic heterocycles.